The van der Waals surface area contributed by atoms with Gasteiger partial charge in [0, 0.05) is 23.7 Å². The van der Waals surface area contributed by atoms with Crippen molar-refractivity contribution >= 4 is 35.0 Å². The number of likely N-dealkylation sites (N-methyl/N-ethyl adjacent to an activating group) is 1. The van der Waals surface area contributed by atoms with Crippen molar-refractivity contribution in [3.63, 3.8) is 0 Å². The maximum absolute atomic E-state index is 12.9. The first-order valence-electron chi connectivity index (χ1n) is 7.73. The fourth-order valence-corrected chi connectivity index (χ4v) is 3.38. The van der Waals surface area contributed by atoms with Crippen LogP contribution >= 0.6 is 24.0 Å². The zero-order valence-electron chi connectivity index (χ0n) is 14.0. The molecule has 0 unspecified atom stereocenters. The van der Waals surface area contributed by atoms with E-state index in [4.69, 9.17) is 12.2 Å². The highest BCUT2D eigenvalue weighted by Gasteiger charge is 2.31. The summed E-state index contributed by atoms with van der Waals surface area (Å²) in [7, 11) is 0. The van der Waals surface area contributed by atoms with Gasteiger partial charge in [0.25, 0.3) is 5.91 Å². The Morgan fingerprint density at radius 1 is 1.26 bits per heavy atom. The summed E-state index contributed by atoms with van der Waals surface area (Å²) in [5.74, 6) is 0.0499. The minimum atomic E-state index is -0.215. The molecule has 0 saturated carbocycles. The molecule has 1 amide bonds. The molecule has 0 bridgehead atoms. The summed E-state index contributed by atoms with van der Waals surface area (Å²) in [6.07, 6.45) is 2.05. The zero-order valence-corrected chi connectivity index (χ0v) is 15.6. The highest BCUT2D eigenvalue weighted by molar-refractivity contribution is 7.98. The van der Waals surface area contributed by atoms with Crippen molar-refractivity contribution in [2.75, 3.05) is 19.3 Å². The maximum Gasteiger partial charge on any atom is 0.253 e. The number of thioether (sulfide) groups is 1. The molecular formula is C17H23N3OS2. The van der Waals surface area contributed by atoms with Crippen molar-refractivity contribution in [3.05, 3.63) is 41.1 Å². The predicted octanol–water partition coefficient (Wildman–Crippen LogP) is 3.07. The predicted molar refractivity (Wildman–Crippen MR) is 100 cm³/mol. The van der Waals surface area contributed by atoms with E-state index in [0.717, 1.165) is 16.8 Å². The Hall–Kier alpha value is -1.53. The van der Waals surface area contributed by atoms with Gasteiger partial charge in [-0.1, -0.05) is 12.1 Å². The number of allylic oxidation sites excluding steroid dienone is 1. The quantitative estimate of drug-likeness (QED) is 0.632. The molecule has 124 valence electrons. The van der Waals surface area contributed by atoms with Gasteiger partial charge in [-0.25, -0.2) is 0 Å². The zero-order chi connectivity index (χ0) is 17.0. The summed E-state index contributed by atoms with van der Waals surface area (Å²) in [5.41, 5.74) is 2.60. The van der Waals surface area contributed by atoms with Gasteiger partial charge in [-0.2, -0.15) is 0 Å². The van der Waals surface area contributed by atoms with E-state index in [2.05, 4.69) is 34.9 Å². The van der Waals surface area contributed by atoms with E-state index in [1.807, 2.05) is 31.9 Å². The van der Waals surface area contributed by atoms with Crippen LogP contribution in [-0.2, 0) is 4.79 Å². The molecule has 2 N–H and O–H groups in total. The van der Waals surface area contributed by atoms with Crippen molar-refractivity contribution in [2.24, 2.45) is 0 Å². The summed E-state index contributed by atoms with van der Waals surface area (Å²) in [6, 6.07) is 8.04. The molecule has 0 fully saturated rings. The second-order valence-corrected chi connectivity index (χ2v) is 6.61. The Morgan fingerprint density at radius 3 is 2.39 bits per heavy atom. The summed E-state index contributed by atoms with van der Waals surface area (Å²) in [5, 5.41) is 6.88. The third-order valence-corrected chi connectivity index (χ3v) is 4.96. The number of nitrogens with zero attached hydrogens (tertiary/aromatic N) is 1. The average molecular weight is 350 g/mol. The normalized spacial score (nSPS) is 17.6. The molecule has 1 aromatic rings. The number of amides is 1. The summed E-state index contributed by atoms with van der Waals surface area (Å²) < 4.78 is 0. The summed E-state index contributed by atoms with van der Waals surface area (Å²) >= 11 is 6.98. The lowest BCUT2D eigenvalue weighted by Gasteiger charge is -2.33. The molecule has 1 atom stereocenters. The monoisotopic (exact) mass is 349 g/mol. The lowest BCUT2D eigenvalue weighted by molar-refractivity contribution is -0.127. The van der Waals surface area contributed by atoms with Crippen molar-refractivity contribution < 1.29 is 4.79 Å². The standard InChI is InChI=1S/C17H23N3OS2/c1-5-20(6-2)16(21)14-11(3)18-17(22)19-15(14)12-7-9-13(23-4)10-8-12/h7-10,15H,5-6H2,1-4H3,(H2,18,19,22)/t15-/m1/s1. The van der Waals surface area contributed by atoms with E-state index in [9.17, 15) is 4.79 Å². The number of carbonyl (C=O) groups excluding carboxylic acids is 1. The van der Waals surface area contributed by atoms with Crippen LogP contribution in [0, 0.1) is 0 Å². The van der Waals surface area contributed by atoms with Crippen LogP contribution in [0.2, 0.25) is 0 Å². The van der Waals surface area contributed by atoms with E-state index < -0.39 is 0 Å². The van der Waals surface area contributed by atoms with Gasteiger partial charge in [-0.3, -0.25) is 4.79 Å². The second kappa shape index (κ2) is 7.84. The molecule has 0 aliphatic carbocycles. The first-order chi connectivity index (χ1) is 11.0. The van der Waals surface area contributed by atoms with Crippen LogP contribution in [0.4, 0.5) is 0 Å². The van der Waals surface area contributed by atoms with E-state index in [1.54, 1.807) is 11.8 Å². The Balaban J connectivity index is 2.43. The van der Waals surface area contributed by atoms with Gasteiger partial charge in [0.1, 0.15) is 0 Å². The Labute approximate surface area is 147 Å². The van der Waals surface area contributed by atoms with Gasteiger partial charge in [0.2, 0.25) is 0 Å². The maximum atomic E-state index is 12.9. The molecule has 1 aromatic carbocycles. The molecule has 0 aromatic heterocycles. The fraction of sp³-hybridized carbons (Fsp3) is 0.412. The number of thiocarbonyl (C=S) groups is 1. The lowest BCUT2D eigenvalue weighted by atomic mass is 9.94. The van der Waals surface area contributed by atoms with E-state index >= 15 is 0 Å². The van der Waals surface area contributed by atoms with Crippen molar-refractivity contribution in [1.29, 1.82) is 0 Å². The molecule has 2 rings (SSSR count). The molecule has 23 heavy (non-hydrogen) atoms. The van der Waals surface area contributed by atoms with Crippen LogP contribution < -0.4 is 10.6 Å². The number of benzene rings is 1. The van der Waals surface area contributed by atoms with Crippen LogP contribution in [0.1, 0.15) is 32.4 Å². The van der Waals surface area contributed by atoms with Gasteiger partial charge in [0.15, 0.2) is 5.11 Å². The SMILES string of the molecule is CCN(CC)C(=O)C1=C(C)NC(=S)N[C@@H]1c1ccc(SC)cc1. The largest absolute Gasteiger partial charge is 0.351 e. The average Bonchev–Trinajstić information content (AvgIpc) is 2.55. The van der Waals surface area contributed by atoms with Crippen LogP contribution in [0.25, 0.3) is 0 Å². The van der Waals surface area contributed by atoms with E-state index in [-0.39, 0.29) is 11.9 Å². The second-order valence-electron chi connectivity index (χ2n) is 5.32. The third kappa shape index (κ3) is 3.87. The summed E-state index contributed by atoms with van der Waals surface area (Å²) in [4.78, 5) is 16.0. The van der Waals surface area contributed by atoms with E-state index in [1.165, 1.54) is 4.90 Å². The number of hydrogen-bond donors (Lipinski definition) is 2. The molecule has 4 nitrogen and oxygen atoms in total. The van der Waals surface area contributed by atoms with Crippen molar-refractivity contribution in [2.45, 2.75) is 31.7 Å². The first-order valence-corrected chi connectivity index (χ1v) is 9.36. The van der Waals surface area contributed by atoms with Crippen LogP contribution in [0.15, 0.2) is 40.4 Å². The van der Waals surface area contributed by atoms with Gasteiger partial charge >= 0.3 is 0 Å². The Kier molecular flexibility index (Phi) is 6.07. The molecule has 0 radical (unpaired) electrons. The molecule has 0 spiro atoms. The van der Waals surface area contributed by atoms with E-state index in [0.29, 0.717) is 18.2 Å². The molecular weight excluding hydrogens is 326 g/mol. The van der Waals surface area contributed by atoms with Gasteiger partial charge in [0.05, 0.1) is 11.6 Å². The molecule has 6 heteroatoms. The summed E-state index contributed by atoms with van der Waals surface area (Å²) in [6.45, 7) is 7.28. The van der Waals surface area contributed by atoms with Crippen molar-refractivity contribution in [3.8, 4) is 0 Å². The van der Waals surface area contributed by atoms with Crippen molar-refractivity contribution in [1.82, 2.24) is 15.5 Å². The lowest BCUT2D eigenvalue weighted by Crippen LogP contribution is -2.47. The smallest absolute Gasteiger partial charge is 0.253 e. The van der Waals surface area contributed by atoms with Gasteiger partial charge in [-0.15, -0.1) is 11.8 Å². The van der Waals surface area contributed by atoms with Crippen LogP contribution in [0.3, 0.4) is 0 Å². The molecule has 1 aliphatic heterocycles. The highest BCUT2D eigenvalue weighted by Crippen LogP contribution is 2.29. The minimum absolute atomic E-state index is 0.0499. The van der Waals surface area contributed by atoms with Crippen LogP contribution in [0.5, 0.6) is 0 Å². The minimum Gasteiger partial charge on any atom is -0.351 e. The third-order valence-electron chi connectivity index (χ3n) is 4.00. The fourth-order valence-electron chi connectivity index (χ4n) is 2.70. The molecule has 0 saturated heterocycles. The van der Waals surface area contributed by atoms with Gasteiger partial charge < -0.3 is 15.5 Å². The first kappa shape index (κ1) is 17.8. The van der Waals surface area contributed by atoms with Gasteiger partial charge in [-0.05, 0) is 56.9 Å². The highest BCUT2D eigenvalue weighted by atomic mass is 32.2. The number of rotatable bonds is 5. The topological polar surface area (TPSA) is 44.4 Å². The Morgan fingerprint density at radius 2 is 1.87 bits per heavy atom. The number of hydrogen-bond acceptors (Lipinski definition) is 3. The molecule has 1 heterocycles. The number of nitrogens with one attached hydrogen (secondary N) is 2. The Bertz CT molecular complexity index is 621. The number of carbonyl (C=O) groups is 1. The molecule has 1 aliphatic rings. The van der Waals surface area contributed by atoms with Crippen LogP contribution in [-0.4, -0.2) is 35.3 Å².